The molecule has 3 aromatic rings. The molecule has 1 aromatic carbocycles. The predicted octanol–water partition coefficient (Wildman–Crippen LogP) is 2.96. The van der Waals surface area contributed by atoms with Crippen LogP contribution in [0, 0.1) is 5.82 Å². The van der Waals surface area contributed by atoms with Gasteiger partial charge in [0.25, 0.3) is 0 Å². The topological polar surface area (TPSA) is 56.7 Å². The van der Waals surface area contributed by atoms with E-state index in [0.717, 1.165) is 11.1 Å². The van der Waals surface area contributed by atoms with Crippen LogP contribution in [-0.2, 0) is 6.54 Å². The molecule has 0 aliphatic rings. The monoisotopic (exact) mass is 320 g/mol. The molecule has 0 radical (unpaired) electrons. The van der Waals surface area contributed by atoms with Gasteiger partial charge in [-0.05, 0) is 39.7 Å². The summed E-state index contributed by atoms with van der Waals surface area (Å²) in [4.78, 5) is 8.15. The number of pyridine rings is 1. The number of rotatable bonds is 2. The van der Waals surface area contributed by atoms with E-state index in [-0.39, 0.29) is 5.82 Å². The van der Waals surface area contributed by atoms with E-state index in [9.17, 15) is 4.39 Å². The van der Waals surface area contributed by atoms with Crippen molar-refractivity contribution in [3.05, 3.63) is 52.5 Å². The Kier molecular flexibility index (Phi) is 2.94. The highest BCUT2D eigenvalue weighted by Crippen LogP contribution is 2.25. The van der Waals surface area contributed by atoms with Crippen molar-refractivity contribution in [3.8, 4) is 0 Å². The Hall–Kier alpha value is -1.95. The Labute approximate surface area is 117 Å². The van der Waals surface area contributed by atoms with Crippen LogP contribution in [0.2, 0.25) is 0 Å². The van der Waals surface area contributed by atoms with E-state index in [1.807, 2.05) is 16.7 Å². The lowest BCUT2D eigenvalue weighted by Crippen LogP contribution is -2.04. The van der Waals surface area contributed by atoms with Crippen molar-refractivity contribution in [1.29, 1.82) is 0 Å². The number of imidazole rings is 1. The molecule has 2 aromatic heterocycles. The molecule has 0 unspecified atom stereocenters. The van der Waals surface area contributed by atoms with Gasteiger partial charge < -0.3 is 10.3 Å². The van der Waals surface area contributed by atoms with E-state index < -0.39 is 0 Å². The minimum absolute atomic E-state index is 0.346. The third-order valence-electron chi connectivity index (χ3n) is 2.91. The minimum atomic E-state index is -0.346. The van der Waals surface area contributed by atoms with Gasteiger partial charge >= 0.3 is 0 Å². The maximum absolute atomic E-state index is 13.5. The summed E-state index contributed by atoms with van der Waals surface area (Å²) in [6, 6.07) is 6.88. The number of halogens is 2. The molecule has 0 saturated carbocycles. The number of hydrogen-bond donors (Lipinski definition) is 1. The zero-order valence-electron chi connectivity index (χ0n) is 9.85. The number of anilines is 1. The molecule has 0 atom stereocenters. The van der Waals surface area contributed by atoms with E-state index in [0.29, 0.717) is 22.5 Å². The van der Waals surface area contributed by atoms with Gasteiger partial charge in [0.05, 0.1) is 22.1 Å². The molecule has 0 saturated heterocycles. The highest BCUT2D eigenvalue weighted by atomic mass is 79.9. The summed E-state index contributed by atoms with van der Waals surface area (Å²) < 4.78 is 15.7. The maximum Gasteiger partial charge on any atom is 0.201 e. The number of benzene rings is 1. The Bertz CT molecular complexity index is 739. The Balaban J connectivity index is 2.13. The Morgan fingerprint density at radius 2 is 2.00 bits per heavy atom. The zero-order chi connectivity index (χ0) is 13.4. The van der Waals surface area contributed by atoms with Crippen molar-refractivity contribution < 1.29 is 4.39 Å². The first-order valence-corrected chi connectivity index (χ1v) is 6.44. The van der Waals surface area contributed by atoms with Gasteiger partial charge in [0, 0.05) is 18.5 Å². The summed E-state index contributed by atoms with van der Waals surface area (Å²) >= 11 is 3.18. The predicted molar refractivity (Wildman–Crippen MR) is 75.1 cm³/mol. The first-order valence-electron chi connectivity index (χ1n) is 5.65. The van der Waals surface area contributed by atoms with Crippen LogP contribution in [0.4, 0.5) is 10.3 Å². The van der Waals surface area contributed by atoms with Gasteiger partial charge in [0.15, 0.2) is 0 Å². The van der Waals surface area contributed by atoms with Crippen LogP contribution in [0.3, 0.4) is 0 Å². The van der Waals surface area contributed by atoms with Gasteiger partial charge in [-0.2, -0.15) is 0 Å². The van der Waals surface area contributed by atoms with Gasteiger partial charge in [-0.3, -0.25) is 4.98 Å². The summed E-state index contributed by atoms with van der Waals surface area (Å²) in [7, 11) is 0. The summed E-state index contributed by atoms with van der Waals surface area (Å²) in [5.41, 5.74) is 8.30. The molecule has 4 nitrogen and oxygen atoms in total. The van der Waals surface area contributed by atoms with Crippen molar-refractivity contribution in [2.45, 2.75) is 6.54 Å². The van der Waals surface area contributed by atoms with Crippen LogP contribution in [0.15, 0.2) is 41.1 Å². The molecule has 0 fully saturated rings. The van der Waals surface area contributed by atoms with Gasteiger partial charge in [-0.25, -0.2) is 9.37 Å². The third kappa shape index (κ3) is 2.19. The second kappa shape index (κ2) is 4.62. The molecule has 19 heavy (non-hydrogen) atoms. The summed E-state index contributed by atoms with van der Waals surface area (Å²) in [5.74, 6) is 0.0189. The van der Waals surface area contributed by atoms with Crippen molar-refractivity contribution >= 4 is 32.9 Å². The molecule has 0 aliphatic heterocycles. The summed E-state index contributed by atoms with van der Waals surface area (Å²) in [6.07, 6.45) is 3.44. The number of nitrogen functional groups attached to an aromatic ring is 1. The Morgan fingerprint density at radius 3 is 2.74 bits per heavy atom. The largest absolute Gasteiger partial charge is 0.369 e. The van der Waals surface area contributed by atoms with Crippen LogP contribution in [-0.4, -0.2) is 14.5 Å². The van der Waals surface area contributed by atoms with Gasteiger partial charge in [-0.1, -0.05) is 0 Å². The maximum atomic E-state index is 13.5. The molecule has 0 amide bonds. The number of nitrogens with zero attached hydrogens (tertiary/aromatic N) is 3. The highest BCUT2D eigenvalue weighted by Gasteiger charge is 2.11. The molecule has 3 rings (SSSR count). The normalized spacial score (nSPS) is 11.1. The average Bonchev–Trinajstić information content (AvgIpc) is 2.68. The molecular formula is C13H10BrFN4. The highest BCUT2D eigenvalue weighted by molar-refractivity contribution is 9.10. The lowest BCUT2D eigenvalue weighted by atomic mass is 10.2. The molecule has 0 spiro atoms. The molecule has 0 bridgehead atoms. The average molecular weight is 321 g/mol. The van der Waals surface area contributed by atoms with Gasteiger partial charge in [0.1, 0.15) is 5.82 Å². The van der Waals surface area contributed by atoms with Crippen LogP contribution in [0.1, 0.15) is 5.56 Å². The second-order valence-electron chi connectivity index (χ2n) is 4.17. The second-order valence-corrected chi connectivity index (χ2v) is 5.02. The SMILES string of the molecule is Nc1nc2cc(F)c(Br)cc2n1Cc1ccncc1. The molecular weight excluding hydrogens is 311 g/mol. The third-order valence-corrected chi connectivity index (χ3v) is 3.52. The summed E-state index contributed by atoms with van der Waals surface area (Å²) in [5, 5.41) is 0. The molecule has 2 N–H and O–H groups in total. The zero-order valence-corrected chi connectivity index (χ0v) is 11.4. The fourth-order valence-electron chi connectivity index (χ4n) is 1.98. The van der Waals surface area contributed by atoms with Crippen molar-refractivity contribution in [2.24, 2.45) is 0 Å². The van der Waals surface area contributed by atoms with E-state index in [2.05, 4.69) is 25.9 Å². The van der Waals surface area contributed by atoms with E-state index >= 15 is 0 Å². The fraction of sp³-hybridized carbons (Fsp3) is 0.0769. The standard InChI is InChI=1S/C13H10BrFN4/c14-9-5-12-11(6-10(9)15)18-13(16)19(12)7-8-1-3-17-4-2-8/h1-6H,7H2,(H2,16,18). The van der Waals surface area contributed by atoms with Crippen molar-refractivity contribution in [3.63, 3.8) is 0 Å². The quantitative estimate of drug-likeness (QED) is 0.789. The van der Waals surface area contributed by atoms with E-state index in [1.54, 1.807) is 18.5 Å². The number of fused-ring (bicyclic) bond motifs is 1. The van der Waals surface area contributed by atoms with E-state index in [1.165, 1.54) is 6.07 Å². The fourth-order valence-corrected chi connectivity index (χ4v) is 2.31. The molecule has 96 valence electrons. The lowest BCUT2D eigenvalue weighted by Gasteiger charge is -2.06. The van der Waals surface area contributed by atoms with Crippen LogP contribution < -0.4 is 5.73 Å². The van der Waals surface area contributed by atoms with Crippen LogP contribution in [0.25, 0.3) is 11.0 Å². The lowest BCUT2D eigenvalue weighted by molar-refractivity contribution is 0.622. The van der Waals surface area contributed by atoms with Crippen molar-refractivity contribution in [2.75, 3.05) is 5.73 Å². The Morgan fingerprint density at radius 1 is 1.26 bits per heavy atom. The van der Waals surface area contributed by atoms with Gasteiger partial charge in [-0.15, -0.1) is 0 Å². The number of hydrogen-bond acceptors (Lipinski definition) is 3. The minimum Gasteiger partial charge on any atom is -0.369 e. The van der Waals surface area contributed by atoms with Crippen molar-refractivity contribution in [1.82, 2.24) is 14.5 Å². The smallest absolute Gasteiger partial charge is 0.201 e. The number of aromatic nitrogens is 3. The first-order chi connectivity index (χ1) is 9.15. The van der Waals surface area contributed by atoms with E-state index in [4.69, 9.17) is 5.73 Å². The molecule has 2 heterocycles. The first kappa shape index (κ1) is 12.1. The van der Waals surface area contributed by atoms with Crippen LogP contribution >= 0.6 is 15.9 Å². The summed E-state index contributed by atoms with van der Waals surface area (Å²) in [6.45, 7) is 0.572. The van der Waals surface area contributed by atoms with Gasteiger partial charge in [0.2, 0.25) is 5.95 Å². The number of nitrogens with two attached hydrogens (primary N) is 1. The van der Waals surface area contributed by atoms with Crippen LogP contribution in [0.5, 0.6) is 0 Å². The molecule has 6 heteroatoms. The molecule has 0 aliphatic carbocycles.